The summed E-state index contributed by atoms with van der Waals surface area (Å²) in [4.78, 5) is 40.0. The van der Waals surface area contributed by atoms with Gasteiger partial charge in [-0.15, -0.1) is 0 Å². The van der Waals surface area contributed by atoms with Crippen LogP contribution in [-0.2, 0) is 39.8 Å². The summed E-state index contributed by atoms with van der Waals surface area (Å²) in [7, 11) is 0. The first kappa shape index (κ1) is 51.5. The maximum Gasteiger partial charge on any atom is 0.277 e. The van der Waals surface area contributed by atoms with Crippen LogP contribution in [0.2, 0.25) is 0 Å². The monoisotopic (exact) mass is 1110 g/mol. The SMILES string of the molecule is CC1(C)CC(C)(C)c2c(c3ccccc3n2O)C1=O.CCO[C@@H]1c2c([nH]c3ccccc23)C(C)(C)CC1(C)C.[2H]C([2H])([2H])[C@@]1(C)CC(C)(C)C=C(c2ccccc2[N+](=O)[O-])C1=O.[2H]C([2H])([2H])[C@]1(C)CC(C)(C)C=C2C1=[N+]([O-])c1ccccc12.[Zn]. The van der Waals surface area contributed by atoms with E-state index in [1.165, 1.54) is 52.0 Å². The third-order valence-electron chi connectivity index (χ3n) is 16.1. The van der Waals surface area contributed by atoms with Crippen molar-refractivity contribution in [3.8, 4) is 0 Å². The van der Waals surface area contributed by atoms with Crippen LogP contribution in [0.15, 0.2) is 109 Å². The van der Waals surface area contributed by atoms with Gasteiger partial charge in [-0.1, -0.05) is 170 Å². The maximum absolute atomic E-state index is 12.9. The van der Waals surface area contributed by atoms with E-state index in [2.05, 4.69) is 77.7 Å². The second kappa shape index (κ2) is 20.6. The molecule has 78 heavy (non-hydrogen) atoms. The summed E-state index contributed by atoms with van der Waals surface area (Å²) in [5.41, 5.74) is 4.95. The van der Waals surface area contributed by atoms with Crippen molar-refractivity contribution in [3.05, 3.63) is 158 Å². The molecule has 11 rings (SSSR count). The first-order valence-electron chi connectivity index (χ1n) is 29.9. The normalized spacial score (nSPS) is 25.7. The van der Waals surface area contributed by atoms with Crippen molar-refractivity contribution >= 4 is 61.6 Å². The Morgan fingerprint density at radius 3 is 1.86 bits per heavy atom. The van der Waals surface area contributed by atoms with Gasteiger partial charge >= 0.3 is 0 Å². The second-order valence-electron chi connectivity index (χ2n) is 26.5. The number of rotatable bonds is 4. The predicted molar refractivity (Wildman–Crippen MR) is 312 cm³/mol. The van der Waals surface area contributed by atoms with E-state index in [0.717, 1.165) is 46.4 Å². The van der Waals surface area contributed by atoms with E-state index >= 15 is 0 Å². The topological polar surface area (TPSA) is 154 Å². The molecule has 3 heterocycles. The Kier molecular flexibility index (Phi) is 13.6. The van der Waals surface area contributed by atoms with Crippen LogP contribution >= 0.6 is 0 Å². The van der Waals surface area contributed by atoms with Gasteiger partial charge in [0.1, 0.15) is 0 Å². The van der Waals surface area contributed by atoms with Crippen LogP contribution in [0, 0.1) is 47.8 Å². The number of hydrogen-bond acceptors (Lipinski definition) is 7. The second-order valence-corrected chi connectivity index (χ2v) is 26.5. The van der Waals surface area contributed by atoms with Crippen LogP contribution in [0.25, 0.3) is 33.0 Å². The molecular formula is C66H82N4O7Zn. The average molecular weight is 1110 g/mol. The molecule has 0 radical (unpaired) electrons. The predicted octanol–water partition coefficient (Wildman–Crippen LogP) is 16.8. The molecule has 2 aromatic heterocycles. The van der Waals surface area contributed by atoms with Gasteiger partial charge in [-0.3, -0.25) is 19.7 Å². The van der Waals surface area contributed by atoms with E-state index < -0.39 is 40.7 Å². The van der Waals surface area contributed by atoms with E-state index in [-0.39, 0.29) is 81.7 Å². The number of nitro benzene ring substituents is 1. The summed E-state index contributed by atoms with van der Waals surface area (Å²) in [6.07, 6.45) is 6.35. The number of fused-ring (bicyclic) bond motifs is 9. The van der Waals surface area contributed by atoms with E-state index in [4.69, 9.17) is 13.0 Å². The third-order valence-corrected chi connectivity index (χ3v) is 16.1. The number of para-hydroxylation sites is 4. The number of H-pyrrole nitrogens is 1. The quantitative estimate of drug-likeness (QED) is 0.0445. The van der Waals surface area contributed by atoms with Crippen molar-refractivity contribution < 1.29 is 56.9 Å². The number of nitrogens with one attached hydrogen (secondary N) is 1. The van der Waals surface area contributed by atoms with Crippen LogP contribution in [0.5, 0.6) is 0 Å². The van der Waals surface area contributed by atoms with Crippen molar-refractivity contribution in [1.82, 2.24) is 9.71 Å². The summed E-state index contributed by atoms with van der Waals surface area (Å²) < 4.78 is 55.4. The van der Waals surface area contributed by atoms with Crippen LogP contribution < -0.4 is 0 Å². The summed E-state index contributed by atoms with van der Waals surface area (Å²) in [6.45, 7) is 26.5. The molecule has 0 saturated heterocycles. The number of benzene rings is 4. The van der Waals surface area contributed by atoms with Gasteiger partial charge in [0.2, 0.25) is 11.4 Å². The standard InChI is InChI=1S/C18H25NO.C16H19NO3.C16H19NO2.C16H19NO.Zn/c1-6-20-16-14-12-9-7-8-10-13(12)19-15(14)17(2,3)11-18(16,4)5;1-15(2)9-12(14(18)16(3,4)10-15)11-7-5-6-8-13(11)17(19)20;1-15(2)9-16(3,4)14(18)12-10-7-5-6-8-11(10)17(19)13(12)15;1-15(2)9-12-11-7-5-6-8-13(11)17(18)14(12)16(3,4)10-15;/h7-10,16,19H,6,11H2,1-5H3;5-9H,10H2,1-4H3;5-8,19H,9H2,1-4H3;5-9H,10H2,1-4H3;/t16-;;;;/m1..../s1/i;3D3;;3D3;/tm;16-;;16-;/m11.0./s1. The summed E-state index contributed by atoms with van der Waals surface area (Å²) >= 11 is 0. The van der Waals surface area contributed by atoms with Crippen LogP contribution in [0.3, 0.4) is 0 Å². The molecule has 5 aliphatic rings. The molecule has 0 fully saturated rings. The Morgan fingerprint density at radius 1 is 0.679 bits per heavy atom. The van der Waals surface area contributed by atoms with Crippen LogP contribution in [-0.4, -0.2) is 48.5 Å². The molecule has 1 aliphatic heterocycles. The Hall–Kier alpha value is -5.97. The van der Waals surface area contributed by atoms with Crippen LogP contribution in [0.4, 0.5) is 11.4 Å². The minimum absolute atomic E-state index is 0. The molecule has 0 amide bonds. The number of ketones is 2. The smallest absolute Gasteiger partial charge is 0.277 e. The Morgan fingerprint density at radius 2 is 1.23 bits per heavy atom. The molecule has 4 aliphatic carbocycles. The molecule has 0 unspecified atom stereocenters. The Balaban J connectivity index is 0.000000160. The number of carbonyl (C=O) groups is 2. The third kappa shape index (κ3) is 10.9. The molecule has 6 aromatic rings. The van der Waals surface area contributed by atoms with Gasteiger partial charge in [-0.2, -0.15) is 9.47 Å². The fourth-order valence-electron chi connectivity index (χ4n) is 14.0. The molecule has 2 N–H and O–H groups in total. The van der Waals surface area contributed by atoms with Gasteiger partial charge in [0.25, 0.3) is 5.69 Å². The fraction of sp³-hybridized carbons (Fsp3) is 0.470. The molecule has 12 heteroatoms. The molecule has 3 atom stereocenters. The van der Waals surface area contributed by atoms with Crippen molar-refractivity contribution in [2.45, 2.75) is 160 Å². The number of aromatic nitrogens is 2. The summed E-state index contributed by atoms with van der Waals surface area (Å²) in [6, 6.07) is 29.4. The minimum atomic E-state index is -2.48. The van der Waals surface area contributed by atoms with Crippen LogP contribution in [0.1, 0.15) is 196 Å². The number of nitrogens with zero attached hydrogens (tertiary/aromatic N) is 3. The Labute approximate surface area is 483 Å². The first-order chi connectivity index (χ1) is 38.1. The van der Waals surface area contributed by atoms with Gasteiger partial charge in [-0.25, -0.2) is 0 Å². The van der Waals surface area contributed by atoms with Gasteiger partial charge in [0.15, 0.2) is 11.6 Å². The molecule has 410 valence electrons. The minimum Gasteiger partial charge on any atom is -0.618 e. The first-order valence-corrected chi connectivity index (χ1v) is 26.9. The molecular weight excluding hydrogens is 1030 g/mol. The number of allylic oxidation sites excluding steroid dienone is 4. The van der Waals surface area contributed by atoms with E-state index in [0.29, 0.717) is 28.9 Å². The summed E-state index contributed by atoms with van der Waals surface area (Å²) in [5.74, 6) is -0.433. The molecule has 4 aromatic carbocycles. The van der Waals surface area contributed by atoms with Crippen molar-refractivity contribution in [3.63, 3.8) is 0 Å². The maximum atomic E-state index is 12.9. The summed E-state index contributed by atoms with van der Waals surface area (Å²) in [5, 5.41) is 36.5. The van der Waals surface area contributed by atoms with Gasteiger partial charge in [0.05, 0.1) is 49.9 Å². The van der Waals surface area contributed by atoms with Crippen molar-refractivity contribution in [2.75, 3.05) is 6.61 Å². The molecule has 0 saturated carbocycles. The number of nitro groups is 1. The van der Waals surface area contributed by atoms with E-state index in [1.54, 1.807) is 31.2 Å². The zero-order valence-corrected chi connectivity index (χ0v) is 51.4. The number of Topliss-reactive ketones (excluding diaryl/α,β-unsaturated/α-hetero) is 2. The van der Waals surface area contributed by atoms with Crippen molar-refractivity contribution in [1.29, 1.82) is 0 Å². The fourth-order valence-corrected chi connectivity index (χ4v) is 14.0. The van der Waals surface area contributed by atoms with E-state index in [9.17, 15) is 30.1 Å². The number of ether oxygens (including phenoxy) is 1. The van der Waals surface area contributed by atoms with E-state index in [1.807, 2.05) is 84.0 Å². The Bertz CT molecular complexity index is 3690. The van der Waals surface area contributed by atoms with Gasteiger partial charge in [0, 0.05) is 101 Å². The number of hydrogen-bond donors (Lipinski definition) is 2. The molecule has 0 spiro atoms. The zero-order chi connectivity index (χ0) is 61.8. The average Bonchev–Trinajstić information content (AvgIpc) is 1.66. The molecule has 11 nitrogen and oxygen atoms in total. The zero-order valence-electron chi connectivity index (χ0n) is 54.5. The number of aromatic amines is 1. The largest absolute Gasteiger partial charge is 0.618 e. The molecule has 0 bridgehead atoms. The van der Waals surface area contributed by atoms with Gasteiger partial charge < -0.3 is 20.1 Å². The number of carbonyl (C=O) groups excluding carboxylic acids is 2. The van der Waals surface area contributed by atoms with Gasteiger partial charge in [-0.05, 0) is 86.9 Å². The van der Waals surface area contributed by atoms with Crippen molar-refractivity contribution in [2.24, 2.45) is 32.5 Å².